The van der Waals surface area contributed by atoms with Gasteiger partial charge in [-0.2, -0.15) is 0 Å². The van der Waals surface area contributed by atoms with Gasteiger partial charge in [-0.3, -0.25) is 0 Å². The van der Waals surface area contributed by atoms with Crippen molar-refractivity contribution >= 4 is 28.1 Å². The van der Waals surface area contributed by atoms with Crippen molar-refractivity contribution in [3.63, 3.8) is 0 Å². The molecule has 0 atom stereocenters. The lowest BCUT2D eigenvalue weighted by Crippen LogP contribution is -1.95. The lowest BCUT2D eigenvalue weighted by molar-refractivity contribution is 0.683. The van der Waals surface area contributed by atoms with Crippen molar-refractivity contribution in [2.75, 3.05) is 5.75 Å². The first-order valence-corrected chi connectivity index (χ1v) is 9.63. The number of aryl methyl sites for hydroxylation is 1. The first-order chi connectivity index (χ1) is 10.9. The van der Waals surface area contributed by atoms with Crippen LogP contribution in [0.2, 0.25) is 0 Å². The molecule has 1 aliphatic carbocycles. The molecule has 3 aromatic heterocycles. The van der Waals surface area contributed by atoms with Gasteiger partial charge in [-0.1, -0.05) is 35.9 Å². The average Bonchev–Trinajstić information content (AvgIpc) is 3.24. The predicted octanol–water partition coefficient (Wildman–Crippen LogP) is 3.83. The SMILES string of the molecule is c1cn(CCCSc2nn3cc(C4CCCC4)nc3s2)cn1. The Labute approximate surface area is 137 Å². The summed E-state index contributed by atoms with van der Waals surface area (Å²) in [5, 5.41) is 4.66. The summed E-state index contributed by atoms with van der Waals surface area (Å²) >= 11 is 3.53. The van der Waals surface area contributed by atoms with Crippen LogP contribution in [-0.4, -0.2) is 29.9 Å². The quantitative estimate of drug-likeness (QED) is 0.508. The molecule has 3 heterocycles. The number of hydrogen-bond acceptors (Lipinski definition) is 5. The first-order valence-electron chi connectivity index (χ1n) is 7.83. The lowest BCUT2D eigenvalue weighted by atomic mass is 10.1. The largest absolute Gasteiger partial charge is 0.337 e. The Bertz CT molecular complexity index is 693. The van der Waals surface area contributed by atoms with E-state index in [-0.39, 0.29) is 0 Å². The van der Waals surface area contributed by atoms with Gasteiger partial charge in [0.1, 0.15) is 0 Å². The highest BCUT2D eigenvalue weighted by Gasteiger charge is 2.20. The predicted molar refractivity (Wildman–Crippen MR) is 89.6 cm³/mol. The Hall–Kier alpha value is -1.34. The third-order valence-electron chi connectivity index (χ3n) is 4.16. The van der Waals surface area contributed by atoms with E-state index in [1.165, 1.54) is 31.4 Å². The third kappa shape index (κ3) is 3.05. The van der Waals surface area contributed by atoms with Crippen molar-refractivity contribution in [2.45, 2.75) is 48.9 Å². The van der Waals surface area contributed by atoms with Crippen LogP contribution in [0.15, 0.2) is 29.3 Å². The molecule has 0 radical (unpaired) electrons. The van der Waals surface area contributed by atoms with E-state index in [9.17, 15) is 0 Å². The molecule has 5 nitrogen and oxygen atoms in total. The molecule has 0 aliphatic heterocycles. The zero-order valence-corrected chi connectivity index (χ0v) is 14.0. The maximum Gasteiger partial charge on any atom is 0.213 e. The molecule has 7 heteroatoms. The van der Waals surface area contributed by atoms with Gasteiger partial charge in [0, 0.05) is 30.6 Å². The summed E-state index contributed by atoms with van der Waals surface area (Å²) in [6, 6.07) is 0. The van der Waals surface area contributed by atoms with Crippen LogP contribution in [0.5, 0.6) is 0 Å². The molecule has 1 aliphatic rings. The Balaban J connectivity index is 1.33. The standard InChI is InChI=1S/C15H19N5S2/c1-2-5-12(4-1)13-10-20-14(17-13)22-15(18-20)21-9-3-7-19-8-6-16-11-19/h6,8,10-12H,1-5,7,9H2. The highest BCUT2D eigenvalue weighted by atomic mass is 32.2. The third-order valence-corrected chi connectivity index (χ3v) is 6.30. The van der Waals surface area contributed by atoms with Crippen molar-refractivity contribution in [1.29, 1.82) is 0 Å². The van der Waals surface area contributed by atoms with E-state index in [0.29, 0.717) is 5.92 Å². The minimum absolute atomic E-state index is 0.667. The van der Waals surface area contributed by atoms with Crippen molar-refractivity contribution in [1.82, 2.24) is 24.1 Å². The van der Waals surface area contributed by atoms with Crippen molar-refractivity contribution in [2.24, 2.45) is 0 Å². The average molecular weight is 333 g/mol. The zero-order chi connectivity index (χ0) is 14.8. The molecule has 116 valence electrons. The molecule has 0 aromatic carbocycles. The molecule has 0 bridgehead atoms. The van der Waals surface area contributed by atoms with E-state index >= 15 is 0 Å². The Kier molecular flexibility index (Phi) is 4.16. The molecule has 0 amide bonds. The van der Waals surface area contributed by atoms with Crippen LogP contribution < -0.4 is 0 Å². The number of aromatic nitrogens is 5. The smallest absolute Gasteiger partial charge is 0.213 e. The first kappa shape index (κ1) is 14.3. The van der Waals surface area contributed by atoms with Crippen LogP contribution >= 0.6 is 23.1 Å². The van der Waals surface area contributed by atoms with Gasteiger partial charge in [0.15, 0.2) is 4.34 Å². The van der Waals surface area contributed by atoms with Crippen molar-refractivity contribution in [3.8, 4) is 0 Å². The van der Waals surface area contributed by atoms with Gasteiger partial charge in [0.05, 0.1) is 18.2 Å². The molecule has 1 fully saturated rings. The molecular weight excluding hydrogens is 314 g/mol. The molecule has 0 saturated heterocycles. The van der Waals surface area contributed by atoms with E-state index < -0.39 is 0 Å². The van der Waals surface area contributed by atoms with Gasteiger partial charge >= 0.3 is 0 Å². The minimum Gasteiger partial charge on any atom is -0.337 e. The van der Waals surface area contributed by atoms with E-state index in [4.69, 9.17) is 4.98 Å². The fourth-order valence-corrected chi connectivity index (χ4v) is 4.93. The second-order valence-corrected chi connectivity index (χ2v) is 8.04. The van der Waals surface area contributed by atoms with E-state index in [1.807, 2.05) is 35.0 Å². The maximum absolute atomic E-state index is 4.78. The Morgan fingerprint density at radius 1 is 1.32 bits per heavy atom. The topological polar surface area (TPSA) is 48.0 Å². The fourth-order valence-electron chi connectivity index (χ4n) is 3.00. The summed E-state index contributed by atoms with van der Waals surface area (Å²) in [6.07, 6.45) is 14.2. The van der Waals surface area contributed by atoms with Gasteiger partial charge in [-0.15, -0.1) is 5.10 Å². The summed E-state index contributed by atoms with van der Waals surface area (Å²) in [5.41, 5.74) is 1.24. The molecule has 0 unspecified atom stereocenters. The Morgan fingerprint density at radius 2 is 2.23 bits per heavy atom. The highest BCUT2D eigenvalue weighted by molar-refractivity contribution is 8.01. The van der Waals surface area contributed by atoms with Gasteiger partial charge in [-0.25, -0.2) is 14.5 Å². The van der Waals surface area contributed by atoms with Gasteiger partial charge in [0.25, 0.3) is 0 Å². The molecule has 0 spiro atoms. The van der Waals surface area contributed by atoms with E-state index in [0.717, 1.165) is 28.0 Å². The molecule has 22 heavy (non-hydrogen) atoms. The molecular formula is C15H19N5S2. The molecule has 1 saturated carbocycles. The summed E-state index contributed by atoms with van der Waals surface area (Å²) in [6.45, 7) is 1.02. The lowest BCUT2D eigenvalue weighted by Gasteiger charge is -2.02. The van der Waals surface area contributed by atoms with Crippen LogP contribution in [0.25, 0.3) is 4.96 Å². The highest BCUT2D eigenvalue weighted by Crippen LogP contribution is 2.34. The van der Waals surface area contributed by atoms with Gasteiger partial charge in [-0.05, 0) is 19.3 Å². The minimum atomic E-state index is 0.667. The van der Waals surface area contributed by atoms with Crippen molar-refractivity contribution < 1.29 is 0 Å². The zero-order valence-electron chi connectivity index (χ0n) is 12.4. The summed E-state index contributed by atoms with van der Waals surface area (Å²) in [4.78, 5) is 9.87. The van der Waals surface area contributed by atoms with Gasteiger partial charge < -0.3 is 4.57 Å². The van der Waals surface area contributed by atoms with Crippen LogP contribution in [0.3, 0.4) is 0 Å². The summed E-state index contributed by atoms with van der Waals surface area (Å²) in [5.74, 6) is 1.74. The van der Waals surface area contributed by atoms with E-state index in [1.54, 1.807) is 11.3 Å². The number of fused-ring (bicyclic) bond motifs is 1. The maximum atomic E-state index is 4.78. The summed E-state index contributed by atoms with van der Waals surface area (Å²) < 4.78 is 5.20. The molecule has 4 rings (SSSR count). The monoisotopic (exact) mass is 333 g/mol. The number of nitrogens with zero attached hydrogens (tertiary/aromatic N) is 5. The molecule has 3 aromatic rings. The van der Waals surface area contributed by atoms with Crippen LogP contribution in [0.4, 0.5) is 0 Å². The van der Waals surface area contributed by atoms with E-state index in [2.05, 4.69) is 20.8 Å². The number of thioether (sulfide) groups is 1. The van der Waals surface area contributed by atoms with Gasteiger partial charge in [0.2, 0.25) is 4.96 Å². The molecule has 0 N–H and O–H groups in total. The second-order valence-electron chi connectivity index (χ2n) is 5.74. The van der Waals surface area contributed by atoms with Crippen LogP contribution in [-0.2, 0) is 6.54 Å². The Morgan fingerprint density at radius 3 is 3.00 bits per heavy atom. The normalized spacial score (nSPS) is 16.0. The second kappa shape index (κ2) is 6.42. The summed E-state index contributed by atoms with van der Waals surface area (Å²) in [7, 11) is 0. The number of rotatable bonds is 6. The van der Waals surface area contributed by atoms with Crippen LogP contribution in [0, 0.1) is 0 Å². The number of imidazole rings is 2. The number of hydrogen-bond donors (Lipinski definition) is 0. The van der Waals surface area contributed by atoms with Crippen LogP contribution in [0.1, 0.15) is 43.7 Å². The fraction of sp³-hybridized carbons (Fsp3) is 0.533. The van der Waals surface area contributed by atoms with Crippen molar-refractivity contribution in [3.05, 3.63) is 30.6 Å².